The second-order valence-corrected chi connectivity index (χ2v) is 5.54. The lowest BCUT2D eigenvalue weighted by atomic mass is 10.1. The molecule has 0 aliphatic carbocycles. The van der Waals surface area contributed by atoms with Crippen LogP contribution in [-0.2, 0) is 16.0 Å². The Morgan fingerprint density at radius 1 is 1.23 bits per heavy atom. The molecule has 0 unspecified atom stereocenters. The third-order valence-electron chi connectivity index (χ3n) is 3.64. The summed E-state index contributed by atoms with van der Waals surface area (Å²) in [5, 5.41) is 5.20. The fraction of sp³-hybridized carbons (Fsp3) is 0.125. The average molecular weight is 352 g/mol. The van der Waals surface area contributed by atoms with Crippen molar-refractivity contribution in [3.63, 3.8) is 0 Å². The number of carbonyl (C=O) groups excluding carboxylic acids is 2. The molecule has 0 atom stereocenters. The molecule has 4 rings (SSSR count). The predicted molar refractivity (Wildman–Crippen MR) is 90.9 cm³/mol. The van der Waals surface area contributed by atoms with E-state index in [0.717, 1.165) is 0 Å². The van der Waals surface area contributed by atoms with Crippen LogP contribution in [-0.4, -0.2) is 38.4 Å². The molecule has 3 N–H and O–H groups in total. The molecule has 0 fully saturated rings. The first-order valence-corrected chi connectivity index (χ1v) is 7.65. The van der Waals surface area contributed by atoms with Crippen LogP contribution in [0.25, 0.3) is 11.2 Å². The van der Waals surface area contributed by atoms with E-state index in [1.807, 2.05) is 0 Å². The van der Waals surface area contributed by atoms with Crippen molar-refractivity contribution in [1.29, 1.82) is 0 Å². The van der Waals surface area contributed by atoms with Crippen molar-refractivity contribution in [2.24, 2.45) is 0 Å². The van der Waals surface area contributed by atoms with Gasteiger partial charge in [-0.05, 0) is 17.7 Å². The van der Waals surface area contributed by atoms with Gasteiger partial charge in [0.05, 0.1) is 12.1 Å². The lowest BCUT2D eigenvalue weighted by Crippen LogP contribution is -2.25. The highest BCUT2D eigenvalue weighted by Gasteiger charge is 2.17. The van der Waals surface area contributed by atoms with Gasteiger partial charge in [-0.2, -0.15) is 4.98 Å². The number of carbonyl (C=O) groups is 2. The van der Waals surface area contributed by atoms with Crippen molar-refractivity contribution in [3.05, 3.63) is 46.5 Å². The van der Waals surface area contributed by atoms with Gasteiger partial charge in [0.15, 0.2) is 17.8 Å². The zero-order valence-corrected chi connectivity index (χ0v) is 13.3. The lowest BCUT2D eigenvalue weighted by molar-refractivity contribution is -0.118. The fourth-order valence-electron chi connectivity index (χ4n) is 2.53. The Balaban J connectivity index is 1.52. The van der Waals surface area contributed by atoms with Gasteiger partial charge in [-0.3, -0.25) is 24.7 Å². The van der Waals surface area contributed by atoms with E-state index in [0.29, 0.717) is 17.0 Å². The highest BCUT2D eigenvalue weighted by atomic mass is 16.5. The minimum Gasteiger partial charge on any atom is -0.482 e. The maximum absolute atomic E-state index is 12.2. The van der Waals surface area contributed by atoms with Crippen LogP contribution in [0, 0.1) is 0 Å². The normalized spacial score (nSPS) is 12.8. The molecule has 0 bridgehead atoms. The topological polar surface area (TPSA) is 139 Å². The van der Waals surface area contributed by atoms with E-state index in [-0.39, 0.29) is 42.0 Å². The number of rotatable bonds is 3. The van der Waals surface area contributed by atoms with Gasteiger partial charge in [0.2, 0.25) is 11.9 Å². The van der Waals surface area contributed by atoms with Crippen LogP contribution in [0.4, 0.5) is 11.6 Å². The first-order valence-electron chi connectivity index (χ1n) is 7.65. The Kier molecular flexibility index (Phi) is 3.77. The Hall–Kier alpha value is -3.82. The molecule has 1 aromatic carbocycles. The number of anilines is 2. The number of nitrogens with one attached hydrogen (secondary N) is 3. The molecule has 0 radical (unpaired) electrons. The van der Waals surface area contributed by atoms with E-state index in [9.17, 15) is 14.4 Å². The molecule has 10 heteroatoms. The van der Waals surface area contributed by atoms with Gasteiger partial charge < -0.3 is 10.1 Å². The summed E-state index contributed by atoms with van der Waals surface area (Å²) in [6, 6.07) is 5.06. The summed E-state index contributed by atoms with van der Waals surface area (Å²) in [4.78, 5) is 49.9. The molecule has 3 aromatic rings. The third kappa shape index (κ3) is 3.07. The highest BCUT2D eigenvalue weighted by molar-refractivity contribution is 5.96. The fourth-order valence-corrected chi connectivity index (χ4v) is 2.53. The summed E-state index contributed by atoms with van der Waals surface area (Å²) >= 11 is 0. The molecule has 26 heavy (non-hydrogen) atoms. The van der Waals surface area contributed by atoms with Crippen LogP contribution in [0.2, 0.25) is 0 Å². The van der Waals surface area contributed by atoms with Gasteiger partial charge in [-0.25, -0.2) is 9.97 Å². The molecule has 2 aromatic heterocycles. The second kappa shape index (κ2) is 6.24. The average Bonchev–Trinajstić information content (AvgIpc) is 2.61. The van der Waals surface area contributed by atoms with E-state index in [4.69, 9.17) is 4.74 Å². The highest BCUT2D eigenvalue weighted by Crippen LogP contribution is 2.28. The summed E-state index contributed by atoms with van der Waals surface area (Å²) in [5.41, 5.74) is 0.914. The number of nitrogens with zero attached hydrogens (tertiary/aromatic N) is 3. The maximum atomic E-state index is 12.2. The molecule has 130 valence electrons. The van der Waals surface area contributed by atoms with Gasteiger partial charge in [-0.15, -0.1) is 0 Å². The summed E-state index contributed by atoms with van der Waals surface area (Å²) < 4.78 is 5.27. The van der Waals surface area contributed by atoms with Crippen LogP contribution in [0.15, 0.2) is 35.4 Å². The summed E-state index contributed by atoms with van der Waals surface area (Å²) in [6.45, 7) is -0.0310. The number of amides is 2. The number of hydrogen-bond donors (Lipinski definition) is 3. The molecule has 2 amide bonds. The van der Waals surface area contributed by atoms with Crippen LogP contribution in [0.5, 0.6) is 5.75 Å². The van der Waals surface area contributed by atoms with Crippen molar-refractivity contribution >= 4 is 34.6 Å². The molecular formula is C16H12N6O4. The molecule has 10 nitrogen and oxygen atoms in total. The number of benzene rings is 1. The largest absolute Gasteiger partial charge is 0.482 e. The van der Waals surface area contributed by atoms with Crippen molar-refractivity contribution in [1.82, 2.24) is 19.9 Å². The number of ether oxygens (including phenoxy) is 1. The van der Waals surface area contributed by atoms with Crippen molar-refractivity contribution in [2.75, 3.05) is 17.2 Å². The third-order valence-corrected chi connectivity index (χ3v) is 3.64. The summed E-state index contributed by atoms with van der Waals surface area (Å²) in [5.74, 6) is -0.104. The van der Waals surface area contributed by atoms with Crippen LogP contribution >= 0.6 is 0 Å². The smallest absolute Gasteiger partial charge is 0.280 e. The Morgan fingerprint density at radius 3 is 2.96 bits per heavy atom. The Morgan fingerprint density at radius 2 is 2.08 bits per heavy atom. The standard InChI is InChI=1S/C16H12N6O4/c23-11(6-8-1-2-10-9(5-8)19-12(24)7-26-10)20-16-21-14-13(15(25)22-16)17-3-4-18-14/h1-5H,6-7H2,(H,19,24)(H2,18,20,21,22,23,25). The Bertz CT molecular complexity index is 1090. The van der Waals surface area contributed by atoms with Crippen molar-refractivity contribution in [3.8, 4) is 5.75 Å². The molecule has 3 heterocycles. The molecule has 1 aliphatic rings. The van der Waals surface area contributed by atoms with E-state index in [1.165, 1.54) is 12.4 Å². The Labute approximate surface area is 145 Å². The number of hydrogen-bond acceptors (Lipinski definition) is 7. The van der Waals surface area contributed by atoms with Crippen LogP contribution in [0.3, 0.4) is 0 Å². The van der Waals surface area contributed by atoms with Crippen LogP contribution < -0.4 is 20.9 Å². The SMILES string of the molecule is O=C(Cc1ccc2c(c1)NC(=O)CO2)Nc1nc2nccnc2c(=O)[nH]1. The van der Waals surface area contributed by atoms with Crippen LogP contribution in [0.1, 0.15) is 5.56 Å². The van der Waals surface area contributed by atoms with Gasteiger partial charge in [0.25, 0.3) is 11.5 Å². The minimum atomic E-state index is -0.493. The summed E-state index contributed by atoms with van der Waals surface area (Å²) in [6.07, 6.45) is 2.81. The van der Waals surface area contributed by atoms with Gasteiger partial charge in [0, 0.05) is 12.4 Å². The zero-order valence-electron chi connectivity index (χ0n) is 13.3. The van der Waals surface area contributed by atoms with Gasteiger partial charge in [-0.1, -0.05) is 6.07 Å². The van der Waals surface area contributed by atoms with Crippen molar-refractivity contribution < 1.29 is 14.3 Å². The lowest BCUT2D eigenvalue weighted by Gasteiger charge is -2.18. The van der Waals surface area contributed by atoms with Gasteiger partial charge in [0.1, 0.15) is 5.75 Å². The predicted octanol–water partition coefficient (Wildman–Crippen LogP) is 0.225. The monoisotopic (exact) mass is 352 g/mol. The molecule has 0 saturated carbocycles. The quantitative estimate of drug-likeness (QED) is 0.613. The first kappa shape index (κ1) is 15.7. The first-order chi connectivity index (χ1) is 12.6. The van der Waals surface area contributed by atoms with Gasteiger partial charge >= 0.3 is 0 Å². The second-order valence-electron chi connectivity index (χ2n) is 5.54. The number of aromatic amines is 1. The van der Waals surface area contributed by atoms with E-state index < -0.39 is 5.56 Å². The molecule has 0 spiro atoms. The number of aromatic nitrogens is 4. The minimum absolute atomic E-state index is 0.0115. The van der Waals surface area contributed by atoms with Crippen molar-refractivity contribution in [2.45, 2.75) is 6.42 Å². The maximum Gasteiger partial charge on any atom is 0.280 e. The zero-order chi connectivity index (χ0) is 18.1. The molecule has 1 aliphatic heterocycles. The molecule has 0 saturated heterocycles. The van der Waals surface area contributed by atoms with E-state index in [2.05, 4.69) is 30.6 Å². The van der Waals surface area contributed by atoms with E-state index in [1.54, 1.807) is 18.2 Å². The summed E-state index contributed by atoms with van der Waals surface area (Å²) in [7, 11) is 0. The number of H-pyrrole nitrogens is 1. The molecular weight excluding hydrogens is 340 g/mol. The number of fused-ring (bicyclic) bond motifs is 2. The van der Waals surface area contributed by atoms with E-state index >= 15 is 0 Å².